The maximum atomic E-state index is 12.6. The van der Waals surface area contributed by atoms with Crippen LogP contribution in [-0.4, -0.2) is 74.2 Å². The van der Waals surface area contributed by atoms with E-state index in [0.29, 0.717) is 43.5 Å². The van der Waals surface area contributed by atoms with E-state index in [1.54, 1.807) is 35.2 Å². The lowest BCUT2D eigenvalue weighted by Crippen LogP contribution is -2.53. The van der Waals surface area contributed by atoms with E-state index in [2.05, 4.69) is 11.8 Å². The molecule has 1 aromatic rings. The summed E-state index contributed by atoms with van der Waals surface area (Å²) in [5.41, 5.74) is 0. The molecule has 6 nitrogen and oxygen atoms in total. The minimum atomic E-state index is -3.46. The van der Waals surface area contributed by atoms with Gasteiger partial charge in [-0.15, -0.1) is 0 Å². The molecular weight excluding hydrogens is 338 g/mol. The number of benzene rings is 1. The lowest BCUT2D eigenvalue weighted by Gasteiger charge is -2.36. The highest BCUT2D eigenvalue weighted by molar-refractivity contribution is 7.89. The van der Waals surface area contributed by atoms with Crippen molar-refractivity contribution in [3.05, 3.63) is 30.3 Å². The molecule has 0 aromatic heterocycles. The van der Waals surface area contributed by atoms with Crippen molar-refractivity contribution in [3.8, 4) is 0 Å². The number of nitrogens with zero attached hydrogens (tertiary/aromatic N) is 3. The van der Waals surface area contributed by atoms with Gasteiger partial charge in [-0.2, -0.15) is 4.31 Å². The van der Waals surface area contributed by atoms with Crippen LogP contribution in [-0.2, 0) is 14.8 Å². The predicted molar refractivity (Wildman–Crippen MR) is 96.6 cm³/mol. The van der Waals surface area contributed by atoms with E-state index in [0.717, 1.165) is 19.5 Å². The molecule has 0 spiro atoms. The van der Waals surface area contributed by atoms with Gasteiger partial charge in [0.15, 0.2) is 0 Å². The first kappa shape index (κ1) is 18.4. The zero-order valence-corrected chi connectivity index (χ0v) is 15.6. The van der Waals surface area contributed by atoms with Gasteiger partial charge in [-0.3, -0.25) is 9.69 Å². The fourth-order valence-corrected chi connectivity index (χ4v) is 5.08. The second-order valence-corrected chi connectivity index (χ2v) is 9.02. The van der Waals surface area contributed by atoms with Crippen LogP contribution in [0.1, 0.15) is 19.8 Å². The zero-order valence-electron chi connectivity index (χ0n) is 14.8. The summed E-state index contributed by atoms with van der Waals surface area (Å²) in [4.78, 5) is 16.9. The molecule has 2 aliphatic heterocycles. The van der Waals surface area contributed by atoms with Gasteiger partial charge in [0.2, 0.25) is 15.9 Å². The van der Waals surface area contributed by atoms with E-state index < -0.39 is 10.0 Å². The van der Waals surface area contributed by atoms with Crippen LogP contribution >= 0.6 is 0 Å². The van der Waals surface area contributed by atoms with Gasteiger partial charge < -0.3 is 4.90 Å². The van der Waals surface area contributed by atoms with Gasteiger partial charge in [-0.05, 0) is 37.4 Å². The lowest BCUT2D eigenvalue weighted by molar-refractivity contribution is -0.134. The van der Waals surface area contributed by atoms with Gasteiger partial charge in [-0.1, -0.05) is 25.1 Å². The van der Waals surface area contributed by atoms with Crippen molar-refractivity contribution >= 4 is 15.9 Å². The van der Waals surface area contributed by atoms with Gasteiger partial charge in [0.25, 0.3) is 0 Å². The van der Waals surface area contributed by atoms with Crippen molar-refractivity contribution in [2.24, 2.45) is 5.92 Å². The average molecular weight is 365 g/mol. The van der Waals surface area contributed by atoms with Crippen molar-refractivity contribution in [1.29, 1.82) is 0 Å². The molecule has 0 unspecified atom stereocenters. The van der Waals surface area contributed by atoms with Crippen LogP contribution in [0.3, 0.4) is 0 Å². The Labute approximate surface area is 150 Å². The Morgan fingerprint density at radius 3 is 2.40 bits per heavy atom. The van der Waals surface area contributed by atoms with Crippen molar-refractivity contribution in [3.63, 3.8) is 0 Å². The third kappa shape index (κ3) is 4.40. The highest BCUT2D eigenvalue weighted by Crippen LogP contribution is 2.18. The molecule has 1 aromatic carbocycles. The number of amides is 1. The molecule has 7 heteroatoms. The van der Waals surface area contributed by atoms with Crippen molar-refractivity contribution < 1.29 is 13.2 Å². The van der Waals surface area contributed by atoms with Gasteiger partial charge in [0, 0.05) is 32.7 Å². The van der Waals surface area contributed by atoms with Crippen LogP contribution in [0, 0.1) is 5.92 Å². The number of rotatable bonds is 4. The molecule has 2 heterocycles. The second-order valence-electron chi connectivity index (χ2n) is 7.08. The van der Waals surface area contributed by atoms with E-state index in [-0.39, 0.29) is 5.91 Å². The van der Waals surface area contributed by atoms with Gasteiger partial charge >= 0.3 is 0 Å². The van der Waals surface area contributed by atoms with Gasteiger partial charge in [-0.25, -0.2) is 8.42 Å². The van der Waals surface area contributed by atoms with E-state index in [9.17, 15) is 13.2 Å². The standard InChI is InChI=1S/C18H27N3O3S/c1-16-6-5-9-19(14-16)15-18(22)20-10-12-21(13-11-20)25(23,24)17-7-3-2-4-8-17/h2-4,7-8,16H,5-6,9-15H2,1H3/t16-/m0/s1. The van der Waals surface area contributed by atoms with Crippen LogP contribution in [0.15, 0.2) is 35.2 Å². The van der Waals surface area contributed by atoms with Crippen LogP contribution in [0.4, 0.5) is 0 Å². The Balaban J connectivity index is 1.54. The molecule has 3 rings (SSSR count). The lowest BCUT2D eigenvalue weighted by atomic mass is 10.0. The summed E-state index contributed by atoms with van der Waals surface area (Å²) in [6.07, 6.45) is 2.39. The smallest absolute Gasteiger partial charge is 0.243 e. The Hall–Kier alpha value is -1.44. The minimum Gasteiger partial charge on any atom is -0.339 e. The zero-order chi connectivity index (χ0) is 17.9. The number of carbonyl (C=O) groups excluding carboxylic acids is 1. The SMILES string of the molecule is C[C@H]1CCCN(CC(=O)N2CCN(S(=O)(=O)c3ccccc3)CC2)C1. The normalized spacial score (nSPS) is 23.6. The maximum absolute atomic E-state index is 12.6. The molecule has 0 aliphatic carbocycles. The Bertz CT molecular complexity index is 685. The Kier molecular flexibility index (Phi) is 5.76. The van der Waals surface area contributed by atoms with Gasteiger partial charge in [0.05, 0.1) is 11.4 Å². The van der Waals surface area contributed by atoms with Crippen LogP contribution in [0.5, 0.6) is 0 Å². The third-order valence-corrected chi connectivity index (χ3v) is 6.99. The molecule has 2 fully saturated rings. The molecule has 0 N–H and O–H groups in total. The van der Waals surface area contributed by atoms with E-state index in [1.807, 2.05) is 0 Å². The second kappa shape index (κ2) is 7.85. The molecule has 2 saturated heterocycles. The molecule has 0 saturated carbocycles. The van der Waals surface area contributed by atoms with Crippen molar-refractivity contribution in [1.82, 2.24) is 14.1 Å². The molecule has 1 amide bonds. The summed E-state index contributed by atoms with van der Waals surface area (Å²) < 4.78 is 26.7. The first-order valence-electron chi connectivity index (χ1n) is 9.02. The summed E-state index contributed by atoms with van der Waals surface area (Å²) >= 11 is 0. The number of piperazine rings is 1. The molecule has 0 bridgehead atoms. The number of hydrogen-bond acceptors (Lipinski definition) is 4. The van der Waals surface area contributed by atoms with Gasteiger partial charge in [0.1, 0.15) is 0 Å². The minimum absolute atomic E-state index is 0.117. The molecule has 1 atom stereocenters. The van der Waals surface area contributed by atoms with Crippen molar-refractivity contribution in [2.75, 3.05) is 45.8 Å². The number of piperidine rings is 1. The molecule has 0 radical (unpaired) electrons. The summed E-state index contributed by atoms with van der Waals surface area (Å²) in [7, 11) is -3.46. The van der Waals surface area contributed by atoms with Crippen LogP contribution in [0.25, 0.3) is 0 Å². The summed E-state index contributed by atoms with van der Waals surface area (Å²) in [6, 6.07) is 8.49. The largest absolute Gasteiger partial charge is 0.339 e. The van der Waals surface area contributed by atoms with Crippen LogP contribution in [0.2, 0.25) is 0 Å². The Morgan fingerprint density at radius 2 is 1.76 bits per heavy atom. The number of likely N-dealkylation sites (tertiary alicyclic amines) is 1. The summed E-state index contributed by atoms with van der Waals surface area (Å²) in [5, 5.41) is 0. The Morgan fingerprint density at radius 1 is 1.08 bits per heavy atom. The maximum Gasteiger partial charge on any atom is 0.243 e. The first-order valence-corrected chi connectivity index (χ1v) is 10.5. The molecule has 2 aliphatic rings. The van der Waals surface area contributed by atoms with Crippen molar-refractivity contribution in [2.45, 2.75) is 24.7 Å². The molecule has 138 valence electrons. The third-order valence-electron chi connectivity index (χ3n) is 5.07. The number of sulfonamides is 1. The fourth-order valence-electron chi connectivity index (χ4n) is 3.64. The van der Waals surface area contributed by atoms with Crippen LogP contribution < -0.4 is 0 Å². The molecular formula is C18H27N3O3S. The highest BCUT2D eigenvalue weighted by Gasteiger charge is 2.30. The first-order chi connectivity index (χ1) is 12.0. The highest BCUT2D eigenvalue weighted by atomic mass is 32.2. The molecule has 25 heavy (non-hydrogen) atoms. The number of hydrogen-bond donors (Lipinski definition) is 0. The predicted octanol–water partition coefficient (Wildman–Crippen LogP) is 1.25. The summed E-state index contributed by atoms with van der Waals surface area (Å²) in [5.74, 6) is 0.764. The summed E-state index contributed by atoms with van der Waals surface area (Å²) in [6.45, 7) is 6.30. The average Bonchev–Trinajstić information content (AvgIpc) is 2.62. The monoisotopic (exact) mass is 365 g/mol. The number of carbonyl (C=O) groups is 1. The fraction of sp³-hybridized carbons (Fsp3) is 0.611. The van der Waals surface area contributed by atoms with E-state index in [1.165, 1.54) is 10.7 Å². The quantitative estimate of drug-likeness (QED) is 0.806. The van der Waals surface area contributed by atoms with E-state index in [4.69, 9.17) is 0 Å². The van der Waals surface area contributed by atoms with E-state index >= 15 is 0 Å². The topological polar surface area (TPSA) is 60.9 Å².